The van der Waals surface area contributed by atoms with Crippen molar-refractivity contribution in [2.75, 3.05) is 11.1 Å². The summed E-state index contributed by atoms with van der Waals surface area (Å²) in [5.74, 6) is 0.781. The van der Waals surface area contributed by atoms with Crippen LogP contribution in [0, 0.1) is 5.92 Å². The van der Waals surface area contributed by atoms with Crippen molar-refractivity contribution in [3.63, 3.8) is 0 Å². The van der Waals surface area contributed by atoms with Gasteiger partial charge in [-0.15, -0.1) is 11.8 Å². The number of nitrogens with two attached hydrogens (primary N) is 1. The van der Waals surface area contributed by atoms with Gasteiger partial charge in [0.2, 0.25) is 5.91 Å². The first kappa shape index (κ1) is 16.5. The van der Waals surface area contributed by atoms with Gasteiger partial charge in [0.25, 0.3) is 0 Å². The number of carbonyl (C=O) groups excluding carboxylic acids is 1. The number of nitrogens with one attached hydrogen (secondary N) is 1. The molecule has 1 aliphatic rings. The maximum Gasteiger partial charge on any atom is 0.237 e. The standard InChI is InChI=1S/C16H23ClN2OS/c1-10-4-3-5-13(8-10)21-11(2)16(20)19-15-7-6-12(18)9-14(15)17/h6-7,9-11,13H,3-5,8,18H2,1-2H3,(H,19,20). The second kappa shape index (κ2) is 7.41. The van der Waals surface area contributed by atoms with E-state index in [-0.39, 0.29) is 11.2 Å². The van der Waals surface area contributed by atoms with E-state index in [0.29, 0.717) is 21.6 Å². The Hall–Kier alpha value is -0.870. The van der Waals surface area contributed by atoms with Gasteiger partial charge in [-0.3, -0.25) is 4.79 Å². The topological polar surface area (TPSA) is 55.1 Å². The molecule has 0 saturated heterocycles. The van der Waals surface area contributed by atoms with Crippen LogP contribution >= 0.6 is 23.4 Å². The van der Waals surface area contributed by atoms with Crippen LogP contribution in [0.1, 0.15) is 39.5 Å². The highest BCUT2D eigenvalue weighted by molar-refractivity contribution is 8.01. The average Bonchev–Trinajstić information content (AvgIpc) is 2.41. The zero-order valence-electron chi connectivity index (χ0n) is 12.6. The van der Waals surface area contributed by atoms with E-state index < -0.39 is 0 Å². The summed E-state index contributed by atoms with van der Waals surface area (Å²) in [4.78, 5) is 12.3. The summed E-state index contributed by atoms with van der Waals surface area (Å²) in [6.07, 6.45) is 5.02. The van der Waals surface area contributed by atoms with Crippen LogP contribution in [-0.2, 0) is 4.79 Å². The van der Waals surface area contributed by atoms with Crippen molar-refractivity contribution in [3.05, 3.63) is 23.2 Å². The Morgan fingerprint density at radius 1 is 1.48 bits per heavy atom. The van der Waals surface area contributed by atoms with E-state index in [0.717, 1.165) is 5.92 Å². The summed E-state index contributed by atoms with van der Waals surface area (Å²) in [5.41, 5.74) is 6.87. The second-order valence-corrected chi connectivity index (χ2v) is 7.95. The van der Waals surface area contributed by atoms with E-state index in [2.05, 4.69) is 12.2 Å². The van der Waals surface area contributed by atoms with Gasteiger partial charge in [0.1, 0.15) is 0 Å². The lowest BCUT2D eigenvalue weighted by molar-refractivity contribution is -0.115. The van der Waals surface area contributed by atoms with Crippen molar-refractivity contribution in [2.45, 2.75) is 50.0 Å². The lowest BCUT2D eigenvalue weighted by Crippen LogP contribution is -2.26. The largest absolute Gasteiger partial charge is 0.399 e. The van der Waals surface area contributed by atoms with E-state index in [4.69, 9.17) is 17.3 Å². The van der Waals surface area contributed by atoms with Crippen molar-refractivity contribution in [2.24, 2.45) is 5.92 Å². The Bertz CT molecular complexity index is 509. The molecule has 0 aliphatic heterocycles. The monoisotopic (exact) mass is 326 g/mol. The third-order valence-electron chi connectivity index (χ3n) is 3.91. The van der Waals surface area contributed by atoms with Gasteiger partial charge in [0, 0.05) is 10.9 Å². The number of halogens is 1. The molecule has 3 unspecified atom stereocenters. The molecule has 1 aromatic rings. The molecule has 1 amide bonds. The normalized spacial score (nSPS) is 23.6. The molecule has 3 N–H and O–H groups in total. The van der Waals surface area contributed by atoms with Crippen LogP contribution in [0.2, 0.25) is 5.02 Å². The fraction of sp³-hybridized carbons (Fsp3) is 0.562. The fourth-order valence-corrected chi connectivity index (χ4v) is 4.46. The fourth-order valence-electron chi connectivity index (χ4n) is 2.72. The molecule has 3 nitrogen and oxygen atoms in total. The molecule has 3 atom stereocenters. The SMILES string of the molecule is CC1CCCC(SC(C)C(=O)Nc2ccc(N)cc2Cl)C1. The van der Waals surface area contributed by atoms with Crippen molar-refractivity contribution in [1.29, 1.82) is 0 Å². The first-order valence-electron chi connectivity index (χ1n) is 7.47. The van der Waals surface area contributed by atoms with E-state index >= 15 is 0 Å². The highest BCUT2D eigenvalue weighted by Gasteiger charge is 2.24. The van der Waals surface area contributed by atoms with Gasteiger partial charge >= 0.3 is 0 Å². The number of hydrogen-bond donors (Lipinski definition) is 2. The summed E-state index contributed by atoms with van der Waals surface area (Å²) in [7, 11) is 0. The van der Waals surface area contributed by atoms with Crippen LogP contribution in [-0.4, -0.2) is 16.4 Å². The first-order valence-corrected chi connectivity index (χ1v) is 8.79. The number of amides is 1. The minimum absolute atomic E-state index is 0.00454. The molecule has 2 rings (SSSR count). The second-order valence-electron chi connectivity index (χ2n) is 5.90. The van der Waals surface area contributed by atoms with Gasteiger partial charge in [0.15, 0.2) is 0 Å². The van der Waals surface area contributed by atoms with Gasteiger partial charge in [-0.2, -0.15) is 0 Å². The number of carbonyl (C=O) groups is 1. The molecule has 0 spiro atoms. The molecule has 0 aromatic heterocycles. The maximum atomic E-state index is 12.3. The van der Waals surface area contributed by atoms with E-state index in [1.54, 1.807) is 30.0 Å². The van der Waals surface area contributed by atoms with Crippen LogP contribution in [0.15, 0.2) is 18.2 Å². The van der Waals surface area contributed by atoms with E-state index in [1.807, 2.05) is 6.92 Å². The molecular formula is C16H23ClN2OS. The highest BCUT2D eigenvalue weighted by Crippen LogP contribution is 2.34. The van der Waals surface area contributed by atoms with Crippen LogP contribution in [0.5, 0.6) is 0 Å². The lowest BCUT2D eigenvalue weighted by atomic mass is 9.91. The molecule has 0 radical (unpaired) electrons. The number of nitrogen functional groups attached to an aromatic ring is 1. The molecule has 0 bridgehead atoms. The molecule has 0 heterocycles. The smallest absolute Gasteiger partial charge is 0.237 e. The predicted octanol–water partition coefficient (Wildman–Crippen LogP) is 4.56. The summed E-state index contributed by atoms with van der Waals surface area (Å²) >= 11 is 7.87. The summed E-state index contributed by atoms with van der Waals surface area (Å²) < 4.78 is 0. The van der Waals surface area contributed by atoms with Gasteiger partial charge in [-0.05, 0) is 43.9 Å². The Balaban J connectivity index is 1.90. The molecule has 5 heteroatoms. The van der Waals surface area contributed by atoms with Crippen LogP contribution in [0.25, 0.3) is 0 Å². The number of thioether (sulfide) groups is 1. The summed E-state index contributed by atoms with van der Waals surface area (Å²) in [6.45, 7) is 4.26. The van der Waals surface area contributed by atoms with Gasteiger partial charge in [-0.1, -0.05) is 31.4 Å². The third-order valence-corrected chi connectivity index (χ3v) is 5.65. The van der Waals surface area contributed by atoms with Crippen LogP contribution in [0.4, 0.5) is 11.4 Å². The predicted molar refractivity (Wildman–Crippen MR) is 93.0 cm³/mol. The quantitative estimate of drug-likeness (QED) is 0.797. The molecule has 1 fully saturated rings. The Labute approximate surface area is 136 Å². The van der Waals surface area contributed by atoms with Gasteiger partial charge in [0.05, 0.1) is 16.0 Å². The molecule has 21 heavy (non-hydrogen) atoms. The van der Waals surface area contributed by atoms with E-state index in [9.17, 15) is 4.79 Å². The van der Waals surface area contributed by atoms with Crippen LogP contribution < -0.4 is 11.1 Å². The lowest BCUT2D eigenvalue weighted by Gasteiger charge is -2.28. The number of rotatable bonds is 4. The Kier molecular flexibility index (Phi) is 5.82. The first-order chi connectivity index (χ1) is 9.95. The zero-order chi connectivity index (χ0) is 15.4. The number of anilines is 2. The van der Waals surface area contributed by atoms with Gasteiger partial charge < -0.3 is 11.1 Å². The molecule has 1 saturated carbocycles. The van der Waals surface area contributed by atoms with Crippen LogP contribution in [0.3, 0.4) is 0 Å². The zero-order valence-corrected chi connectivity index (χ0v) is 14.1. The summed E-state index contributed by atoms with van der Waals surface area (Å²) in [6, 6.07) is 5.13. The maximum absolute atomic E-state index is 12.3. The van der Waals surface area contributed by atoms with E-state index in [1.165, 1.54) is 25.7 Å². The number of benzene rings is 1. The highest BCUT2D eigenvalue weighted by atomic mass is 35.5. The van der Waals surface area contributed by atoms with Crippen molar-refractivity contribution >= 4 is 40.6 Å². The molecular weight excluding hydrogens is 304 g/mol. The third kappa shape index (κ3) is 4.82. The molecule has 116 valence electrons. The number of hydrogen-bond acceptors (Lipinski definition) is 3. The molecule has 1 aromatic carbocycles. The Morgan fingerprint density at radius 3 is 2.90 bits per heavy atom. The van der Waals surface area contributed by atoms with Gasteiger partial charge in [-0.25, -0.2) is 0 Å². The minimum atomic E-state index is -0.0751. The Morgan fingerprint density at radius 2 is 2.24 bits per heavy atom. The van der Waals surface area contributed by atoms with Crippen molar-refractivity contribution in [1.82, 2.24) is 0 Å². The minimum Gasteiger partial charge on any atom is -0.399 e. The average molecular weight is 327 g/mol. The van der Waals surface area contributed by atoms with Crippen molar-refractivity contribution < 1.29 is 4.79 Å². The molecule has 1 aliphatic carbocycles. The van der Waals surface area contributed by atoms with Crippen molar-refractivity contribution in [3.8, 4) is 0 Å². The summed E-state index contributed by atoms with van der Waals surface area (Å²) in [5, 5.41) is 3.89.